The van der Waals surface area contributed by atoms with E-state index in [0.29, 0.717) is 6.54 Å². The summed E-state index contributed by atoms with van der Waals surface area (Å²) in [7, 11) is 0. The predicted octanol–water partition coefficient (Wildman–Crippen LogP) is 3.79. The average molecular weight is 370 g/mol. The van der Waals surface area contributed by atoms with Crippen LogP contribution in [-0.4, -0.2) is 43.5 Å². The molecule has 4 nitrogen and oxygen atoms in total. The second-order valence-corrected chi connectivity index (χ2v) is 7.50. The fourth-order valence-electron chi connectivity index (χ4n) is 3.87. The van der Waals surface area contributed by atoms with Crippen LogP contribution in [0.5, 0.6) is 0 Å². The zero-order valence-electron chi connectivity index (χ0n) is 14.9. The van der Waals surface area contributed by atoms with E-state index in [1.165, 1.54) is 18.4 Å². The van der Waals surface area contributed by atoms with E-state index >= 15 is 0 Å². The van der Waals surface area contributed by atoms with Gasteiger partial charge in [0.1, 0.15) is 0 Å². The first-order valence-electron chi connectivity index (χ1n) is 9.32. The molecule has 0 aromatic heterocycles. The number of hydrogen-bond donors (Lipinski definition) is 0. The van der Waals surface area contributed by atoms with Crippen LogP contribution in [0.15, 0.2) is 48.5 Å². The molecule has 2 aromatic carbocycles. The zero-order valence-corrected chi connectivity index (χ0v) is 15.7. The van der Waals surface area contributed by atoms with Crippen molar-refractivity contribution in [3.05, 3.63) is 59.1 Å². The van der Waals surface area contributed by atoms with E-state index in [0.717, 1.165) is 49.1 Å². The number of carbonyl (C=O) groups is 1. The minimum atomic E-state index is 0.213. The van der Waals surface area contributed by atoms with Gasteiger partial charge in [-0.1, -0.05) is 35.9 Å². The standard InChI is InChI=1S/C21H24ClN3O/c22-18-9-7-17(8-10-18)15-24-13-14-25(20-6-2-1-5-19(20)24)21(26)16-23-11-3-4-12-23/h1-2,5-10H,3-4,11-16H2. The van der Waals surface area contributed by atoms with Crippen LogP contribution < -0.4 is 9.80 Å². The summed E-state index contributed by atoms with van der Waals surface area (Å²) >= 11 is 6.00. The highest BCUT2D eigenvalue weighted by atomic mass is 35.5. The Bertz CT molecular complexity index is 771. The van der Waals surface area contributed by atoms with Gasteiger partial charge in [-0.2, -0.15) is 0 Å². The molecule has 1 fully saturated rings. The average Bonchev–Trinajstić information content (AvgIpc) is 3.17. The molecule has 2 aliphatic heterocycles. The Labute approximate surface area is 160 Å². The smallest absolute Gasteiger partial charge is 0.241 e. The van der Waals surface area contributed by atoms with Crippen LogP contribution in [0.2, 0.25) is 5.02 Å². The Morgan fingerprint density at radius 1 is 0.885 bits per heavy atom. The number of anilines is 2. The molecule has 0 unspecified atom stereocenters. The van der Waals surface area contributed by atoms with Crippen molar-refractivity contribution in [3.63, 3.8) is 0 Å². The quantitative estimate of drug-likeness (QED) is 0.820. The molecule has 0 atom stereocenters. The van der Waals surface area contributed by atoms with Gasteiger partial charge in [0.25, 0.3) is 0 Å². The van der Waals surface area contributed by atoms with Gasteiger partial charge in [-0.05, 0) is 55.8 Å². The lowest BCUT2D eigenvalue weighted by Gasteiger charge is -2.38. The molecule has 2 heterocycles. The monoisotopic (exact) mass is 369 g/mol. The van der Waals surface area contributed by atoms with Gasteiger partial charge in [-0.15, -0.1) is 0 Å². The zero-order chi connectivity index (χ0) is 17.9. The number of benzene rings is 2. The minimum absolute atomic E-state index is 0.213. The van der Waals surface area contributed by atoms with Gasteiger partial charge in [0, 0.05) is 24.7 Å². The molecular formula is C21H24ClN3O. The minimum Gasteiger partial charge on any atom is -0.364 e. The Kier molecular flexibility index (Phi) is 5.14. The van der Waals surface area contributed by atoms with Crippen molar-refractivity contribution in [2.24, 2.45) is 0 Å². The molecule has 136 valence electrons. The van der Waals surface area contributed by atoms with E-state index in [1.807, 2.05) is 29.2 Å². The molecular weight excluding hydrogens is 346 g/mol. The lowest BCUT2D eigenvalue weighted by molar-refractivity contribution is -0.119. The second kappa shape index (κ2) is 7.68. The molecule has 1 amide bonds. The molecule has 0 saturated carbocycles. The van der Waals surface area contributed by atoms with Crippen molar-refractivity contribution in [3.8, 4) is 0 Å². The van der Waals surface area contributed by atoms with Crippen LogP contribution in [0, 0.1) is 0 Å². The summed E-state index contributed by atoms with van der Waals surface area (Å²) in [6.45, 7) is 5.02. The fourth-order valence-corrected chi connectivity index (χ4v) is 4.00. The van der Waals surface area contributed by atoms with Crippen LogP contribution in [-0.2, 0) is 11.3 Å². The van der Waals surface area contributed by atoms with Crippen molar-refractivity contribution in [1.29, 1.82) is 0 Å². The Morgan fingerprint density at radius 3 is 2.31 bits per heavy atom. The molecule has 0 radical (unpaired) electrons. The molecule has 1 saturated heterocycles. The van der Waals surface area contributed by atoms with Crippen LogP contribution in [0.3, 0.4) is 0 Å². The van der Waals surface area contributed by atoms with Gasteiger partial charge in [0.2, 0.25) is 5.91 Å². The molecule has 4 rings (SSSR count). The lowest BCUT2D eigenvalue weighted by Crippen LogP contribution is -2.47. The summed E-state index contributed by atoms with van der Waals surface area (Å²) in [6.07, 6.45) is 2.41. The van der Waals surface area contributed by atoms with Crippen LogP contribution in [0.4, 0.5) is 11.4 Å². The first-order chi connectivity index (χ1) is 12.7. The maximum atomic E-state index is 12.9. The van der Waals surface area contributed by atoms with Crippen molar-refractivity contribution >= 4 is 28.9 Å². The molecule has 0 spiro atoms. The Balaban J connectivity index is 1.52. The predicted molar refractivity (Wildman–Crippen MR) is 107 cm³/mol. The molecule has 0 bridgehead atoms. The van der Waals surface area contributed by atoms with Gasteiger partial charge >= 0.3 is 0 Å². The second-order valence-electron chi connectivity index (χ2n) is 7.07. The lowest BCUT2D eigenvalue weighted by atomic mass is 10.1. The summed E-state index contributed by atoms with van der Waals surface area (Å²) < 4.78 is 0. The highest BCUT2D eigenvalue weighted by Gasteiger charge is 2.28. The number of fused-ring (bicyclic) bond motifs is 1. The molecule has 0 N–H and O–H groups in total. The molecule has 2 aromatic rings. The van der Waals surface area contributed by atoms with Crippen molar-refractivity contribution in [2.45, 2.75) is 19.4 Å². The number of likely N-dealkylation sites (tertiary alicyclic amines) is 1. The van der Waals surface area contributed by atoms with Crippen LogP contribution in [0.1, 0.15) is 18.4 Å². The summed E-state index contributed by atoms with van der Waals surface area (Å²) in [5.74, 6) is 0.213. The SMILES string of the molecule is O=C(CN1CCCC1)N1CCN(Cc2ccc(Cl)cc2)c2ccccc21. The molecule has 0 aliphatic carbocycles. The Hall–Kier alpha value is -2.04. The maximum absolute atomic E-state index is 12.9. The van der Waals surface area contributed by atoms with Crippen molar-refractivity contribution in [2.75, 3.05) is 42.5 Å². The number of nitrogens with zero attached hydrogens (tertiary/aromatic N) is 3. The molecule has 5 heteroatoms. The van der Waals surface area contributed by atoms with E-state index in [1.54, 1.807) is 0 Å². The van der Waals surface area contributed by atoms with E-state index in [9.17, 15) is 4.79 Å². The van der Waals surface area contributed by atoms with Gasteiger partial charge in [0.05, 0.1) is 17.9 Å². The van der Waals surface area contributed by atoms with E-state index in [-0.39, 0.29) is 5.91 Å². The summed E-state index contributed by atoms with van der Waals surface area (Å²) in [5.41, 5.74) is 3.38. The number of carbonyl (C=O) groups excluding carboxylic acids is 1. The number of para-hydroxylation sites is 2. The normalized spacial score (nSPS) is 17.4. The molecule has 26 heavy (non-hydrogen) atoms. The fraction of sp³-hybridized carbons (Fsp3) is 0.381. The number of hydrogen-bond acceptors (Lipinski definition) is 3. The van der Waals surface area contributed by atoms with Crippen molar-refractivity contribution < 1.29 is 4.79 Å². The first kappa shape index (κ1) is 17.4. The van der Waals surface area contributed by atoms with Gasteiger partial charge in [-0.25, -0.2) is 0 Å². The third-order valence-electron chi connectivity index (χ3n) is 5.25. The van der Waals surface area contributed by atoms with E-state index in [2.05, 4.69) is 34.1 Å². The summed E-state index contributed by atoms with van der Waals surface area (Å²) in [4.78, 5) is 19.4. The third-order valence-corrected chi connectivity index (χ3v) is 5.50. The first-order valence-corrected chi connectivity index (χ1v) is 9.70. The highest BCUT2D eigenvalue weighted by molar-refractivity contribution is 6.30. The number of amides is 1. The highest BCUT2D eigenvalue weighted by Crippen LogP contribution is 2.34. The Morgan fingerprint density at radius 2 is 1.58 bits per heavy atom. The van der Waals surface area contributed by atoms with Crippen LogP contribution in [0.25, 0.3) is 0 Å². The van der Waals surface area contributed by atoms with E-state index < -0.39 is 0 Å². The molecule has 2 aliphatic rings. The number of halogens is 1. The number of rotatable bonds is 4. The van der Waals surface area contributed by atoms with Crippen LogP contribution >= 0.6 is 11.6 Å². The van der Waals surface area contributed by atoms with Gasteiger partial charge in [-0.3, -0.25) is 9.69 Å². The summed E-state index contributed by atoms with van der Waals surface area (Å²) in [5, 5.41) is 0.756. The topological polar surface area (TPSA) is 26.8 Å². The van der Waals surface area contributed by atoms with Gasteiger partial charge in [0.15, 0.2) is 0 Å². The van der Waals surface area contributed by atoms with Gasteiger partial charge < -0.3 is 9.80 Å². The largest absolute Gasteiger partial charge is 0.364 e. The van der Waals surface area contributed by atoms with Crippen molar-refractivity contribution in [1.82, 2.24) is 4.90 Å². The summed E-state index contributed by atoms with van der Waals surface area (Å²) in [6, 6.07) is 16.2. The third kappa shape index (κ3) is 3.71. The maximum Gasteiger partial charge on any atom is 0.241 e. The van der Waals surface area contributed by atoms with E-state index in [4.69, 9.17) is 11.6 Å².